The van der Waals surface area contributed by atoms with Crippen LogP contribution < -0.4 is 5.73 Å². The van der Waals surface area contributed by atoms with E-state index in [-0.39, 0.29) is 12.0 Å². The number of carbonyl (C=O) groups is 1. The molecule has 0 saturated heterocycles. The van der Waals surface area contributed by atoms with E-state index in [0.29, 0.717) is 17.6 Å². The van der Waals surface area contributed by atoms with Gasteiger partial charge in [-0.3, -0.25) is 4.79 Å². The van der Waals surface area contributed by atoms with E-state index >= 15 is 0 Å². The molecule has 2 fully saturated rings. The lowest BCUT2D eigenvalue weighted by Crippen LogP contribution is -2.39. The Bertz CT molecular complexity index is 188. The topological polar surface area (TPSA) is 43.1 Å². The third-order valence-electron chi connectivity index (χ3n) is 3.45. The second-order valence-electron chi connectivity index (χ2n) is 4.05. The molecule has 0 aliphatic heterocycles. The Morgan fingerprint density at radius 3 is 2.36 bits per heavy atom. The van der Waals surface area contributed by atoms with Crippen molar-refractivity contribution in [2.24, 2.45) is 23.5 Å². The molecule has 2 aliphatic carbocycles. The second kappa shape index (κ2) is 2.31. The van der Waals surface area contributed by atoms with Crippen LogP contribution in [0.3, 0.4) is 0 Å². The average molecular weight is 153 g/mol. The van der Waals surface area contributed by atoms with Crippen LogP contribution in [-0.2, 0) is 4.79 Å². The summed E-state index contributed by atoms with van der Waals surface area (Å²) in [6, 6.07) is 0.186. The van der Waals surface area contributed by atoms with Crippen molar-refractivity contribution >= 4 is 5.78 Å². The lowest BCUT2D eigenvalue weighted by atomic mass is 9.83. The van der Waals surface area contributed by atoms with Crippen molar-refractivity contribution in [3.05, 3.63) is 0 Å². The van der Waals surface area contributed by atoms with Crippen LogP contribution in [0.15, 0.2) is 0 Å². The van der Waals surface area contributed by atoms with Crippen molar-refractivity contribution in [3.63, 3.8) is 0 Å². The fraction of sp³-hybridized carbons (Fsp3) is 0.889. The highest BCUT2D eigenvalue weighted by Gasteiger charge is 2.47. The molecule has 0 aromatic heterocycles. The first kappa shape index (κ1) is 7.29. The molecule has 62 valence electrons. The molecule has 0 heterocycles. The molecule has 0 aromatic rings. The largest absolute Gasteiger partial charge is 0.327 e. The van der Waals surface area contributed by atoms with Crippen molar-refractivity contribution in [2.45, 2.75) is 32.2 Å². The van der Waals surface area contributed by atoms with Gasteiger partial charge in [-0.15, -0.1) is 0 Å². The third kappa shape index (κ3) is 0.924. The fourth-order valence-corrected chi connectivity index (χ4v) is 2.94. The van der Waals surface area contributed by atoms with E-state index in [2.05, 4.69) is 0 Å². The summed E-state index contributed by atoms with van der Waals surface area (Å²) in [7, 11) is 0. The fourth-order valence-electron chi connectivity index (χ4n) is 2.94. The minimum atomic E-state index is 0.186. The van der Waals surface area contributed by atoms with Gasteiger partial charge in [0, 0.05) is 12.0 Å². The minimum absolute atomic E-state index is 0.186. The summed E-state index contributed by atoms with van der Waals surface area (Å²) in [5.41, 5.74) is 5.94. The van der Waals surface area contributed by atoms with Gasteiger partial charge in [-0.2, -0.15) is 0 Å². The number of hydrogen-bond donors (Lipinski definition) is 1. The van der Waals surface area contributed by atoms with E-state index in [4.69, 9.17) is 5.73 Å². The monoisotopic (exact) mass is 153 g/mol. The van der Waals surface area contributed by atoms with Crippen molar-refractivity contribution in [1.29, 1.82) is 0 Å². The summed E-state index contributed by atoms with van der Waals surface area (Å²) in [5, 5.41) is 0. The van der Waals surface area contributed by atoms with Gasteiger partial charge < -0.3 is 5.73 Å². The van der Waals surface area contributed by atoms with Crippen LogP contribution in [0.5, 0.6) is 0 Å². The summed E-state index contributed by atoms with van der Waals surface area (Å²) in [5.74, 6) is 1.81. The van der Waals surface area contributed by atoms with Crippen LogP contribution in [-0.4, -0.2) is 11.8 Å². The first-order chi connectivity index (χ1) is 5.20. The zero-order chi connectivity index (χ0) is 8.01. The SMILES string of the molecule is CC(=O)[C@@H]1[C@H]2CC[C@H](C2)[C@@H]1N. The molecule has 0 radical (unpaired) electrons. The van der Waals surface area contributed by atoms with Gasteiger partial charge >= 0.3 is 0 Å². The quantitative estimate of drug-likeness (QED) is 0.609. The van der Waals surface area contributed by atoms with Crippen molar-refractivity contribution in [3.8, 4) is 0 Å². The number of rotatable bonds is 1. The predicted molar refractivity (Wildman–Crippen MR) is 43.0 cm³/mol. The molecule has 11 heavy (non-hydrogen) atoms. The van der Waals surface area contributed by atoms with Crippen LogP contribution in [0.4, 0.5) is 0 Å². The van der Waals surface area contributed by atoms with Gasteiger partial charge in [0.1, 0.15) is 5.78 Å². The van der Waals surface area contributed by atoms with Gasteiger partial charge in [0.2, 0.25) is 0 Å². The molecule has 2 aliphatic rings. The first-order valence-electron chi connectivity index (χ1n) is 4.46. The van der Waals surface area contributed by atoms with Gasteiger partial charge in [-0.1, -0.05) is 0 Å². The standard InChI is InChI=1S/C9H15NO/c1-5(11)8-6-2-3-7(4-6)9(8)10/h6-9H,2-4,10H2,1H3/t6-,7+,8+,9-/m0/s1. The molecular weight excluding hydrogens is 138 g/mol. The highest BCUT2D eigenvalue weighted by atomic mass is 16.1. The molecule has 2 bridgehead atoms. The summed E-state index contributed by atoms with van der Waals surface area (Å²) in [6.07, 6.45) is 3.71. The predicted octanol–water partition coefficient (Wildman–Crippen LogP) is 0.949. The Balaban J connectivity index is 2.17. The molecule has 0 amide bonds. The molecule has 0 aromatic carbocycles. The van der Waals surface area contributed by atoms with Crippen molar-refractivity contribution in [1.82, 2.24) is 0 Å². The number of nitrogens with two attached hydrogens (primary N) is 1. The molecule has 2 nitrogen and oxygen atoms in total. The van der Waals surface area contributed by atoms with E-state index in [1.807, 2.05) is 0 Å². The Hall–Kier alpha value is -0.370. The van der Waals surface area contributed by atoms with Crippen molar-refractivity contribution < 1.29 is 4.79 Å². The minimum Gasteiger partial charge on any atom is -0.327 e. The summed E-state index contributed by atoms with van der Waals surface area (Å²) in [4.78, 5) is 11.2. The second-order valence-corrected chi connectivity index (χ2v) is 4.05. The van der Waals surface area contributed by atoms with Crippen LogP contribution in [0.1, 0.15) is 26.2 Å². The summed E-state index contributed by atoms with van der Waals surface area (Å²) < 4.78 is 0. The Labute approximate surface area is 67.1 Å². The number of fused-ring (bicyclic) bond motifs is 2. The molecule has 0 unspecified atom stereocenters. The van der Waals surface area contributed by atoms with E-state index < -0.39 is 0 Å². The molecule has 0 spiro atoms. The molecule has 2 rings (SSSR count). The van der Waals surface area contributed by atoms with Crippen LogP contribution in [0, 0.1) is 17.8 Å². The summed E-state index contributed by atoms with van der Waals surface area (Å²) in [6.45, 7) is 1.69. The maximum Gasteiger partial charge on any atom is 0.134 e. The number of ketones is 1. The summed E-state index contributed by atoms with van der Waals surface area (Å²) >= 11 is 0. The maximum atomic E-state index is 11.2. The number of Topliss-reactive ketones (excluding diaryl/α,β-unsaturated/α-hetero) is 1. The van der Waals surface area contributed by atoms with Gasteiger partial charge in [0.05, 0.1) is 0 Å². The van der Waals surface area contributed by atoms with Crippen LogP contribution in [0.25, 0.3) is 0 Å². The van der Waals surface area contributed by atoms with Gasteiger partial charge in [0.15, 0.2) is 0 Å². The Kier molecular flexibility index (Phi) is 1.53. The molecule has 2 heteroatoms. The third-order valence-corrected chi connectivity index (χ3v) is 3.45. The molecular formula is C9H15NO. The van der Waals surface area contributed by atoms with E-state index in [0.717, 1.165) is 0 Å². The zero-order valence-electron chi connectivity index (χ0n) is 6.92. The number of carbonyl (C=O) groups excluding carboxylic acids is 1. The highest BCUT2D eigenvalue weighted by Crippen LogP contribution is 2.47. The van der Waals surface area contributed by atoms with E-state index in [1.165, 1.54) is 19.3 Å². The van der Waals surface area contributed by atoms with Gasteiger partial charge in [-0.25, -0.2) is 0 Å². The first-order valence-corrected chi connectivity index (χ1v) is 4.46. The average Bonchev–Trinajstić information content (AvgIpc) is 2.44. The van der Waals surface area contributed by atoms with Crippen LogP contribution >= 0.6 is 0 Å². The van der Waals surface area contributed by atoms with E-state index in [1.54, 1.807) is 6.92 Å². The molecule has 2 saturated carbocycles. The Morgan fingerprint density at radius 1 is 1.36 bits per heavy atom. The van der Waals surface area contributed by atoms with E-state index in [9.17, 15) is 4.79 Å². The Morgan fingerprint density at radius 2 is 2.00 bits per heavy atom. The maximum absolute atomic E-state index is 11.2. The van der Waals surface area contributed by atoms with Gasteiger partial charge in [0.25, 0.3) is 0 Å². The highest BCUT2D eigenvalue weighted by molar-refractivity contribution is 5.80. The molecule has 2 N–H and O–H groups in total. The lowest BCUT2D eigenvalue weighted by molar-refractivity contribution is -0.122. The lowest BCUT2D eigenvalue weighted by Gasteiger charge is -2.25. The van der Waals surface area contributed by atoms with Gasteiger partial charge in [-0.05, 0) is 38.0 Å². The normalized spacial score (nSPS) is 48.2. The molecule has 4 atom stereocenters. The zero-order valence-corrected chi connectivity index (χ0v) is 6.92. The van der Waals surface area contributed by atoms with Crippen LogP contribution in [0.2, 0.25) is 0 Å². The van der Waals surface area contributed by atoms with Crippen molar-refractivity contribution in [2.75, 3.05) is 0 Å². The smallest absolute Gasteiger partial charge is 0.134 e. The number of hydrogen-bond acceptors (Lipinski definition) is 2.